The molecule has 1 aromatic rings. The number of nitriles is 1. The van der Waals surface area contributed by atoms with Crippen LogP contribution in [-0.2, 0) is 9.53 Å². The molecule has 6 heteroatoms. The van der Waals surface area contributed by atoms with Crippen LogP contribution in [-0.4, -0.2) is 23.9 Å². The molecule has 0 aromatic heterocycles. The van der Waals surface area contributed by atoms with E-state index in [0.29, 0.717) is 5.69 Å². The number of hydrazone groups is 1. The summed E-state index contributed by atoms with van der Waals surface area (Å²) in [5.41, 5.74) is 2.65. The van der Waals surface area contributed by atoms with Crippen LogP contribution in [0.25, 0.3) is 0 Å². The molecule has 0 heterocycles. The van der Waals surface area contributed by atoms with Gasteiger partial charge in [-0.25, -0.2) is 4.79 Å². The lowest BCUT2D eigenvalue weighted by atomic mass is 10.3. The number of benzene rings is 1. The molecule has 16 heavy (non-hydrogen) atoms. The molecule has 0 aliphatic rings. The number of phenolic OH excluding ortho intramolecular Hbond substituents is 1. The maximum absolute atomic E-state index is 11.0. The highest BCUT2D eigenvalue weighted by molar-refractivity contribution is 6.43. The zero-order valence-corrected chi connectivity index (χ0v) is 8.47. The van der Waals surface area contributed by atoms with E-state index in [0.717, 1.165) is 7.11 Å². The first-order chi connectivity index (χ1) is 7.67. The third kappa shape index (κ3) is 2.99. The molecule has 0 saturated heterocycles. The Labute approximate surface area is 91.8 Å². The number of nitrogens with zero attached hydrogens (tertiary/aromatic N) is 2. The quantitative estimate of drug-likeness (QED) is 0.340. The first-order valence-corrected chi connectivity index (χ1v) is 4.28. The molecule has 0 aliphatic carbocycles. The van der Waals surface area contributed by atoms with E-state index in [1.807, 2.05) is 0 Å². The topological polar surface area (TPSA) is 94.7 Å². The van der Waals surface area contributed by atoms with Crippen molar-refractivity contribution in [2.75, 3.05) is 12.5 Å². The van der Waals surface area contributed by atoms with Crippen molar-refractivity contribution < 1.29 is 14.6 Å². The van der Waals surface area contributed by atoms with Gasteiger partial charge in [-0.05, 0) is 24.3 Å². The Morgan fingerprint density at radius 2 is 2.12 bits per heavy atom. The molecule has 0 bridgehead atoms. The molecule has 0 saturated carbocycles. The zero-order valence-electron chi connectivity index (χ0n) is 8.47. The van der Waals surface area contributed by atoms with Crippen molar-refractivity contribution >= 4 is 17.4 Å². The molecular weight excluding hydrogens is 210 g/mol. The van der Waals surface area contributed by atoms with E-state index in [-0.39, 0.29) is 11.5 Å². The Morgan fingerprint density at radius 3 is 2.62 bits per heavy atom. The van der Waals surface area contributed by atoms with Crippen LogP contribution < -0.4 is 5.43 Å². The highest BCUT2D eigenvalue weighted by atomic mass is 16.5. The van der Waals surface area contributed by atoms with E-state index in [1.165, 1.54) is 12.1 Å². The predicted molar refractivity (Wildman–Crippen MR) is 56.8 cm³/mol. The molecule has 0 amide bonds. The number of hydrogen-bond acceptors (Lipinski definition) is 6. The van der Waals surface area contributed by atoms with Gasteiger partial charge in [0.2, 0.25) is 5.71 Å². The SMILES string of the molecule is COC(=O)/C(C#N)=N\Nc1ccc(O)cc1. The van der Waals surface area contributed by atoms with Crippen molar-refractivity contribution in [3.05, 3.63) is 24.3 Å². The summed E-state index contributed by atoms with van der Waals surface area (Å²) in [4.78, 5) is 11.0. The number of phenols is 1. The van der Waals surface area contributed by atoms with E-state index in [9.17, 15) is 4.79 Å². The first-order valence-electron chi connectivity index (χ1n) is 4.28. The maximum Gasteiger partial charge on any atom is 0.369 e. The number of esters is 1. The predicted octanol–water partition coefficient (Wildman–Crippen LogP) is 0.857. The van der Waals surface area contributed by atoms with Crippen LogP contribution in [0, 0.1) is 11.3 Å². The van der Waals surface area contributed by atoms with Crippen molar-refractivity contribution in [2.24, 2.45) is 5.10 Å². The number of rotatable bonds is 3. The second-order valence-corrected chi connectivity index (χ2v) is 2.72. The summed E-state index contributed by atoms with van der Waals surface area (Å²) in [5, 5.41) is 21.2. The third-order valence-electron chi connectivity index (χ3n) is 1.65. The van der Waals surface area contributed by atoms with Crippen molar-refractivity contribution in [2.45, 2.75) is 0 Å². The fourth-order valence-electron chi connectivity index (χ4n) is 0.869. The van der Waals surface area contributed by atoms with Crippen molar-refractivity contribution in [1.82, 2.24) is 0 Å². The third-order valence-corrected chi connectivity index (χ3v) is 1.65. The van der Waals surface area contributed by atoms with Crippen LogP contribution in [0.2, 0.25) is 0 Å². The monoisotopic (exact) mass is 219 g/mol. The lowest BCUT2D eigenvalue weighted by Crippen LogP contribution is -2.15. The van der Waals surface area contributed by atoms with E-state index in [4.69, 9.17) is 10.4 Å². The Kier molecular flexibility index (Phi) is 3.86. The summed E-state index contributed by atoms with van der Waals surface area (Å²) in [6.45, 7) is 0. The number of hydrogen-bond donors (Lipinski definition) is 2. The Morgan fingerprint density at radius 1 is 1.50 bits per heavy atom. The number of carbonyl (C=O) groups is 1. The molecule has 82 valence electrons. The fraction of sp³-hybridized carbons (Fsp3) is 0.100. The second kappa shape index (κ2) is 5.36. The summed E-state index contributed by atoms with van der Waals surface area (Å²) in [5.74, 6) is -0.697. The van der Waals surface area contributed by atoms with Crippen molar-refractivity contribution in [3.63, 3.8) is 0 Å². The average Bonchev–Trinajstić information content (AvgIpc) is 2.31. The van der Waals surface area contributed by atoms with Gasteiger partial charge in [-0.15, -0.1) is 0 Å². The Hall–Kier alpha value is -2.55. The van der Waals surface area contributed by atoms with Crippen LogP contribution in [0.15, 0.2) is 29.4 Å². The number of carbonyl (C=O) groups excluding carboxylic acids is 1. The highest BCUT2D eigenvalue weighted by Crippen LogP contribution is 2.13. The van der Waals surface area contributed by atoms with Crippen LogP contribution in [0.1, 0.15) is 0 Å². The van der Waals surface area contributed by atoms with E-state index < -0.39 is 5.97 Å². The minimum Gasteiger partial charge on any atom is -0.508 e. The van der Waals surface area contributed by atoms with Crippen molar-refractivity contribution in [3.8, 4) is 11.8 Å². The highest BCUT2D eigenvalue weighted by Gasteiger charge is 2.10. The number of aromatic hydroxyl groups is 1. The minimum atomic E-state index is -0.811. The van der Waals surface area contributed by atoms with Gasteiger partial charge in [0.05, 0.1) is 12.8 Å². The van der Waals surface area contributed by atoms with Crippen LogP contribution in [0.5, 0.6) is 5.75 Å². The van der Waals surface area contributed by atoms with Gasteiger partial charge in [-0.1, -0.05) is 0 Å². The molecule has 6 nitrogen and oxygen atoms in total. The molecule has 0 spiro atoms. The maximum atomic E-state index is 11.0. The summed E-state index contributed by atoms with van der Waals surface area (Å²) >= 11 is 0. The smallest absolute Gasteiger partial charge is 0.369 e. The lowest BCUT2D eigenvalue weighted by Gasteiger charge is -2.00. The average molecular weight is 219 g/mol. The van der Waals surface area contributed by atoms with Gasteiger partial charge in [0, 0.05) is 0 Å². The van der Waals surface area contributed by atoms with Crippen LogP contribution >= 0.6 is 0 Å². The van der Waals surface area contributed by atoms with Gasteiger partial charge < -0.3 is 9.84 Å². The Balaban J connectivity index is 2.75. The fourth-order valence-corrected chi connectivity index (χ4v) is 0.869. The standard InChI is InChI=1S/C10H9N3O3/c1-16-10(15)9(6-11)13-12-7-2-4-8(14)5-3-7/h2-5,12,14H,1H3/b13-9-. The molecule has 1 aromatic carbocycles. The van der Waals surface area contributed by atoms with Gasteiger partial charge >= 0.3 is 5.97 Å². The summed E-state index contributed by atoms with van der Waals surface area (Å²) in [6, 6.07) is 7.58. The largest absolute Gasteiger partial charge is 0.508 e. The summed E-state index contributed by atoms with van der Waals surface area (Å²) in [6.07, 6.45) is 0. The molecule has 0 radical (unpaired) electrons. The Bertz CT molecular complexity index is 445. The van der Waals surface area contributed by atoms with Gasteiger partial charge in [-0.3, -0.25) is 5.43 Å². The normalized spacial score (nSPS) is 10.4. The lowest BCUT2D eigenvalue weighted by molar-refractivity contribution is -0.132. The first kappa shape index (κ1) is 11.5. The number of anilines is 1. The number of ether oxygens (including phenoxy) is 1. The van der Waals surface area contributed by atoms with E-state index in [2.05, 4.69) is 15.3 Å². The van der Waals surface area contributed by atoms with Gasteiger partial charge in [0.1, 0.15) is 11.8 Å². The molecular formula is C10H9N3O3. The molecule has 0 fully saturated rings. The van der Waals surface area contributed by atoms with E-state index in [1.54, 1.807) is 18.2 Å². The second-order valence-electron chi connectivity index (χ2n) is 2.72. The van der Waals surface area contributed by atoms with Gasteiger partial charge in [-0.2, -0.15) is 10.4 Å². The van der Waals surface area contributed by atoms with Crippen molar-refractivity contribution in [1.29, 1.82) is 5.26 Å². The minimum absolute atomic E-state index is 0.114. The molecule has 0 unspecified atom stereocenters. The molecule has 1 rings (SSSR count). The van der Waals surface area contributed by atoms with E-state index >= 15 is 0 Å². The number of nitrogens with one attached hydrogen (secondary N) is 1. The van der Waals surface area contributed by atoms with Gasteiger partial charge in [0.15, 0.2) is 0 Å². The van der Waals surface area contributed by atoms with Crippen LogP contribution in [0.4, 0.5) is 5.69 Å². The molecule has 0 aliphatic heterocycles. The summed E-state index contributed by atoms with van der Waals surface area (Å²) in [7, 11) is 1.16. The van der Waals surface area contributed by atoms with Crippen LogP contribution in [0.3, 0.4) is 0 Å². The van der Waals surface area contributed by atoms with Gasteiger partial charge in [0.25, 0.3) is 0 Å². The number of methoxy groups -OCH3 is 1. The molecule has 0 atom stereocenters. The molecule has 2 N–H and O–H groups in total. The summed E-state index contributed by atoms with van der Waals surface area (Å²) < 4.78 is 4.34. The zero-order chi connectivity index (χ0) is 12.0.